The van der Waals surface area contributed by atoms with Crippen molar-refractivity contribution in [3.8, 4) is 0 Å². The minimum absolute atomic E-state index is 0.193. The Morgan fingerprint density at radius 3 is 1.23 bits per heavy atom. The molecule has 1 rings (SSSR count). The Balaban J connectivity index is 2.08. The van der Waals surface area contributed by atoms with E-state index in [9.17, 15) is 30.3 Å². The normalized spacial score (nSPS) is 19.5. The van der Waals surface area contributed by atoms with E-state index in [1.165, 1.54) is 135 Å². The van der Waals surface area contributed by atoms with Crippen LogP contribution in [0.3, 0.4) is 0 Å². The van der Waals surface area contributed by atoms with Crippen LogP contribution in [0.4, 0.5) is 0 Å². The van der Waals surface area contributed by atoms with E-state index in [2.05, 4.69) is 129 Å². The molecule has 0 aromatic rings. The van der Waals surface area contributed by atoms with Crippen molar-refractivity contribution in [3.63, 3.8) is 0 Å². The van der Waals surface area contributed by atoms with Crippen molar-refractivity contribution in [2.45, 2.75) is 294 Å². The van der Waals surface area contributed by atoms with E-state index < -0.39 is 49.5 Å². The number of carbonyl (C=O) groups excluding carboxylic acids is 1. The SMILES string of the molecule is CC/C=C\C/C=C\C/C=C\C/C=C\C/C=C\C/C=C\C/C=C\CCCCCCCCCCCCCCCCCCCCCC(=O)NC(COC1OC(CO)C(O)C(O)C1O)C(O)/C=C/CC/C=C/CC/C=C/CCCCCC. The van der Waals surface area contributed by atoms with Gasteiger partial charge < -0.3 is 40.3 Å². The van der Waals surface area contributed by atoms with Crippen LogP contribution in [0.1, 0.15) is 251 Å². The first-order valence-electron chi connectivity index (χ1n) is 31.8. The van der Waals surface area contributed by atoms with Gasteiger partial charge in [0.2, 0.25) is 5.91 Å². The summed E-state index contributed by atoms with van der Waals surface area (Å²) in [7, 11) is 0. The quantitative estimate of drug-likeness (QED) is 0.0261. The van der Waals surface area contributed by atoms with Crippen LogP contribution in [0.25, 0.3) is 0 Å². The van der Waals surface area contributed by atoms with Crippen LogP contribution < -0.4 is 5.32 Å². The Morgan fingerprint density at radius 1 is 0.449 bits per heavy atom. The van der Waals surface area contributed by atoms with Gasteiger partial charge in [-0.15, -0.1) is 0 Å². The number of carbonyl (C=O) groups is 1. The molecule has 446 valence electrons. The highest BCUT2D eigenvalue weighted by Gasteiger charge is 2.44. The summed E-state index contributed by atoms with van der Waals surface area (Å²) >= 11 is 0. The monoisotopic (exact) mass is 1090 g/mol. The zero-order valence-electron chi connectivity index (χ0n) is 49.6. The van der Waals surface area contributed by atoms with E-state index in [-0.39, 0.29) is 12.5 Å². The van der Waals surface area contributed by atoms with Gasteiger partial charge in [-0.3, -0.25) is 4.79 Å². The zero-order chi connectivity index (χ0) is 56.5. The Bertz CT molecular complexity index is 1640. The molecule has 1 aliphatic rings. The molecule has 7 atom stereocenters. The molecule has 1 heterocycles. The van der Waals surface area contributed by atoms with Crippen LogP contribution in [-0.4, -0.2) is 87.5 Å². The molecule has 0 radical (unpaired) electrons. The minimum atomic E-state index is -1.58. The highest BCUT2D eigenvalue weighted by atomic mass is 16.7. The van der Waals surface area contributed by atoms with Crippen molar-refractivity contribution in [2.24, 2.45) is 0 Å². The number of nitrogens with one attached hydrogen (secondary N) is 1. The van der Waals surface area contributed by atoms with Gasteiger partial charge in [-0.05, 0) is 103 Å². The first kappa shape index (κ1) is 72.6. The minimum Gasteiger partial charge on any atom is -0.394 e. The molecule has 1 aliphatic heterocycles. The molecule has 0 aromatic carbocycles. The fourth-order valence-electron chi connectivity index (χ4n) is 9.29. The van der Waals surface area contributed by atoms with Gasteiger partial charge in [0.25, 0.3) is 0 Å². The summed E-state index contributed by atoms with van der Waals surface area (Å²) in [6.45, 7) is 3.61. The summed E-state index contributed by atoms with van der Waals surface area (Å²) in [6, 6.07) is -0.832. The average molecular weight is 1090 g/mol. The summed E-state index contributed by atoms with van der Waals surface area (Å²) in [4.78, 5) is 13.1. The van der Waals surface area contributed by atoms with Gasteiger partial charge in [-0.1, -0.05) is 264 Å². The smallest absolute Gasteiger partial charge is 0.220 e. The van der Waals surface area contributed by atoms with Crippen LogP contribution in [0, 0.1) is 0 Å². The molecule has 1 saturated heterocycles. The third-order valence-electron chi connectivity index (χ3n) is 14.2. The topological polar surface area (TPSA) is 149 Å². The van der Waals surface area contributed by atoms with Gasteiger partial charge in [0.05, 0.1) is 25.4 Å². The van der Waals surface area contributed by atoms with Crippen molar-refractivity contribution in [1.82, 2.24) is 5.32 Å². The van der Waals surface area contributed by atoms with Gasteiger partial charge in [0, 0.05) is 6.42 Å². The lowest BCUT2D eigenvalue weighted by Gasteiger charge is -2.40. The van der Waals surface area contributed by atoms with E-state index in [1.54, 1.807) is 6.08 Å². The average Bonchev–Trinajstić information content (AvgIpc) is 3.46. The van der Waals surface area contributed by atoms with Crippen molar-refractivity contribution in [1.29, 1.82) is 0 Å². The molecule has 0 spiro atoms. The molecule has 0 saturated carbocycles. The Morgan fingerprint density at radius 2 is 0.808 bits per heavy atom. The van der Waals surface area contributed by atoms with Gasteiger partial charge in [-0.2, -0.15) is 0 Å². The molecule has 1 amide bonds. The Hall–Kier alpha value is -3.41. The maximum absolute atomic E-state index is 13.1. The van der Waals surface area contributed by atoms with Crippen molar-refractivity contribution in [3.05, 3.63) is 122 Å². The number of allylic oxidation sites excluding steroid dienone is 19. The zero-order valence-corrected chi connectivity index (χ0v) is 49.6. The fourth-order valence-corrected chi connectivity index (χ4v) is 9.29. The van der Waals surface area contributed by atoms with Crippen LogP contribution in [-0.2, 0) is 14.3 Å². The second-order valence-corrected chi connectivity index (χ2v) is 21.4. The van der Waals surface area contributed by atoms with Gasteiger partial charge in [0.15, 0.2) is 6.29 Å². The number of amides is 1. The maximum atomic E-state index is 13.1. The van der Waals surface area contributed by atoms with Crippen molar-refractivity contribution < 1.29 is 39.8 Å². The maximum Gasteiger partial charge on any atom is 0.220 e. The van der Waals surface area contributed by atoms with Crippen LogP contribution >= 0.6 is 0 Å². The number of hydrogen-bond donors (Lipinski definition) is 6. The molecule has 0 aliphatic carbocycles. The van der Waals surface area contributed by atoms with Crippen LogP contribution in [0.2, 0.25) is 0 Å². The number of ether oxygens (including phenoxy) is 2. The third-order valence-corrected chi connectivity index (χ3v) is 14.2. The molecular weight excluding hydrogens is 971 g/mol. The molecule has 6 N–H and O–H groups in total. The molecule has 7 unspecified atom stereocenters. The van der Waals surface area contributed by atoms with Crippen LogP contribution in [0.15, 0.2) is 122 Å². The first-order chi connectivity index (χ1) is 38.3. The van der Waals surface area contributed by atoms with Gasteiger partial charge >= 0.3 is 0 Å². The third kappa shape index (κ3) is 45.3. The predicted octanol–water partition coefficient (Wildman–Crippen LogP) is 16.7. The standard InChI is InChI=1S/C69H117NO8/c1-3-5-7-9-11-13-15-17-19-20-21-22-23-24-25-26-27-28-29-30-31-32-33-34-35-36-37-38-39-40-41-42-43-44-45-47-49-51-53-55-57-59-65(73)70-62(61-77-69-68(76)67(75)66(74)64(60-71)78-69)63(72)58-56-54-52-50-48-46-18-16-14-12-10-8-6-4-2/h5,7,11,13-14,16-17,19,21-22,24-25,27-28,30-31,48,50,56,58,62-64,66-69,71-72,74-76H,3-4,6,8-10,12,15,18,20,23,26,29,32-47,49,51-55,57,59-61H2,1-2H3,(H,70,73)/b7-5-,13-11-,16-14+,19-17-,22-21-,25-24-,28-27-,31-30-,50-48+,58-56+. The second kappa shape index (κ2) is 56.8. The van der Waals surface area contributed by atoms with Crippen molar-refractivity contribution in [2.75, 3.05) is 13.2 Å². The molecule has 9 nitrogen and oxygen atoms in total. The largest absolute Gasteiger partial charge is 0.394 e. The summed E-state index contributed by atoms with van der Waals surface area (Å²) < 4.78 is 11.2. The number of aliphatic hydroxyl groups excluding tert-OH is 5. The summed E-state index contributed by atoms with van der Waals surface area (Å²) in [5.74, 6) is -0.193. The molecule has 9 heteroatoms. The Labute approximate surface area is 478 Å². The number of rotatable bonds is 53. The lowest BCUT2D eigenvalue weighted by molar-refractivity contribution is -0.302. The van der Waals surface area contributed by atoms with E-state index in [1.807, 2.05) is 6.08 Å². The highest BCUT2D eigenvalue weighted by Crippen LogP contribution is 2.23. The van der Waals surface area contributed by atoms with E-state index in [0.29, 0.717) is 6.42 Å². The Kier molecular flexibility index (Phi) is 52.9. The highest BCUT2D eigenvalue weighted by molar-refractivity contribution is 5.76. The number of aliphatic hydroxyl groups is 5. The number of hydrogen-bond acceptors (Lipinski definition) is 8. The second-order valence-electron chi connectivity index (χ2n) is 21.4. The van der Waals surface area contributed by atoms with Crippen LogP contribution in [0.5, 0.6) is 0 Å². The molecule has 0 bridgehead atoms. The molecule has 1 fully saturated rings. The first-order valence-corrected chi connectivity index (χ1v) is 31.8. The van der Waals surface area contributed by atoms with Crippen molar-refractivity contribution >= 4 is 5.91 Å². The predicted molar refractivity (Wildman–Crippen MR) is 331 cm³/mol. The fraction of sp³-hybridized carbons (Fsp3) is 0.696. The summed E-state index contributed by atoms with van der Waals surface area (Å²) in [5.41, 5.74) is 0. The molecular formula is C69H117NO8. The lowest BCUT2D eigenvalue weighted by atomic mass is 9.99. The van der Waals surface area contributed by atoms with Gasteiger partial charge in [-0.25, -0.2) is 0 Å². The molecule has 0 aromatic heterocycles. The summed E-state index contributed by atoms with van der Waals surface area (Å²) in [6.07, 6.45) is 78.7. The van der Waals surface area contributed by atoms with E-state index in [4.69, 9.17) is 9.47 Å². The van der Waals surface area contributed by atoms with E-state index in [0.717, 1.165) is 96.3 Å². The number of unbranched alkanes of at least 4 members (excludes halogenated alkanes) is 25. The van der Waals surface area contributed by atoms with Gasteiger partial charge in [0.1, 0.15) is 24.4 Å². The molecule has 78 heavy (non-hydrogen) atoms. The summed E-state index contributed by atoms with van der Waals surface area (Å²) in [5, 5.41) is 54.4. The van der Waals surface area contributed by atoms with E-state index >= 15 is 0 Å². The lowest BCUT2D eigenvalue weighted by Crippen LogP contribution is -2.60.